The summed E-state index contributed by atoms with van der Waals surface area (Å²) in [5.41, 5.74) is 2.15. The zero-order valence-corrected chi connectivity index (χ0v) is 17.6. The highest BCUT2D eigenvalue weighted by molar-refractivity contribution is 5.97. The molecular weight excluding hydrogens is 369 g/mol. The molecule has 0 spiro atoms. The van der Waals surface area contributed by atoms with Gasteiger partial charge in [0.05, 0.1) is 0 Å². The molecule has 0 saturated carbocycles. The summed E-state index contributed by atoms with van der Waals surface area (Å²) >= 11 is 0. The normalized spacial score (nSPS) is 11.9. The van der Waals surface area contributed by atoms with Gasteiger partial charge in [-0.15, -0.1) is 0 Å². The van der Waals surface area contributed by atoms with Crippen molar-refractivity contribution in [2.24, 2.45) is 5.92 Å². The van der Waals surface area contributed by atoms with Crippen LogP contribution in [-0.4, -0.2) is 36.3 Å². The zero-order valence-electron chi connectivity index (χ0n) is 17.6. The highest BCUT2D eigenvalue weighted by Crippen LogP contribution is 2.18. The number of quaternary nitrogens is 1. The summed E-state index contributed by atoms with van der Waals surface area (Å²) in [5, 5.41) is 4.82. The third-order valence-corrected chi connectivity index (χ3v) is 4.97. The van der Waals surface area contributed by atoms with Crippen LogP contribution in [0, 0.1) is 11.7 Å². The van der Waals surface area contributed by atoms with E-state index in [2.05, 4.69) is 19.2 Å². The number of halogens is 1. The van der Waals surface area contributed by atoms with Gasteiger partial charge < -0.3 is 15.5 Å². The molecule has 6 heteroatoms. The minimum Gasteiger partial charge on any atom is -0.339 e. The molecule has 5 nitrogen and oxygen atoms in total. The van der Waals surface area contributed by atoms with Gasteiger partial charge in [0.15, 0.2) is 6.54 Å². The first-order chi connectivity index (χ1) is 13.8. The van der Waals surface area contributed by atoms with Crippen molar-refractivity contribution in [1.82, 2.24) is 4.90 Å². The fraction of sp³-hybridized carbons (Fsp3) is 0.391. The lowest BCUT2D eigenvalue weighted by Crippen LogP contribution is -2.88. The van der Waals surface area contributed by atoms with Crippen LogP contribution in [0.5, 0.6) is 0 Å². The first-order valence-corrected chi connectivity index (χ1v) is 10.1. The Kier molecular flexibility index (Phi) is 8.34. The number of amides is 2. The number of carbonyl (C=O) groups excluding carboxylic acids is 2. The maximum atomic E-state index is 13.2. The summed E-state index contributed by atoms with van der Waals surface area (Å²) < 4.78 is 13.2. The lowest BCUT2D eigenvalue weighted by atomic mass is 9.96. The highest BCUT2D eigenvalue weighted by Gasteiger charge is 2.21. The number of nitrogens with one attached hydrogen (secondary N) is 1. The van der Waals surface area contributed by atoms with E-state index < -0.39 is 0 Å². The molecule has 0 bridgehead atoms. The third-order valence-electron chi connectivity index (χ3n) is 4.97. The molecule has 156 valence electrons. The predicted molar refractivity (Wildman–Crippen MR) is 113 cm³/mol. The average molecular weight is 401 g/mol. The molecule has 0 unspecified atom stereocenters. The molecule has 0 aliphatic carbocycles. The van der Waals surface area contributed by atoms with Crippen LogP contribution in [0.1, 0.15) is 49.7 Å². The van der Waals surface area contributed by atoms with Crippen LogP contribution in [0.4, 0.5) is 10.1 Å². The van der Waals surface area contributed by atoms with Crippen LogP contribution in [0.3, 0.4) is 0 Å². The van der Waals surface area contributed by atoms with Crippen molar-refractivity contribution in [3.63, 3.8) is 0 Å². The molecular formula is C23H31FN3O2+. The van der Waals surface area contributed by atoms with E-state index >= 15 is 0 Å². The molecule has 2 aromatic carbocycles. The Labute approximate surface area is 172 Å². The van der Waals surface area contributed by atoms with Gasteiger partial charge in [-0.1, -0.05) is 32.0 Å². The SMILES string of the molecule is CCN(CC)C(=O)c1cccc(NC(=O)C[NH2+][C@H](c2ccc(F)cc2)C(C)C)c1. The van der Waals surface area contributed by atoms with Crippen molar-refractivity contribution >= 4 is 17.5 Å². The minimum absolute atomic E-state index is 0.0474. The van der Waals surface area contributed by atoms with E-state index in [0.29, 0.717) is 24.3 Å². The molecule has 2 rings (SSSR count). The number of carbonyl (C=O) groups is 2. The lowest BCUT2D eigenvalue weighted by Gasteiger charge is -2.20. The maximum absolute atomic E-state index is 13.2. The van der Waals surface area contributed by atoms with E-state index in [1.807, 2.05) is 19.2 Å². The smallest absolute Gasteiger partial charge is 0.279 e. The second kappa shape index (κ2) is 10.7. The number of benzene rings is 2. The Morgan fingerprint density at radius 3 is 2.31 bits per heavy atom. The van der Waals surface area contributed by atoms with Gasteiger partial charge in [-0.3, -0.25) is 9.59 Å². The van der Waals surface area contributed by atoms with Crippen LogP contribution in [0.25, 0.3) is 0 Å². The van der Waals surface area contributed by atoms with E-state index in [1.165, 1.54) is 12.1 Å². The van der Waals surface area contributed by atoms with E-state index in [-0.39, 0.29) is 36.1 Å². The standard InChI is InChI=1S/C23H30FN3O2/c1-5-27(6-2)23(29)18-8-7-9-20(14-18)26-21(28)15-25-22(16(3)4)17-10-12-19(24)13-11-17/h7-14,16,22,25H,5-6,15H2,1-4H3,(H,26,28)/p+1/t22-/m0/s1. The molecule has 0 saturated heterocycles. The first-order valence-electron chi connectivity index (χ1n) is 10.1. The van der Waals surface area contributed by atoms with E-state index in [1.54, 1.807) is 41.3 Å². The van der Waals surface area contributed by atoms with Gasteiger partial charge in [-0.2, -0.15) is 0 Å². The predicted octanol–water partition coefficient (Wildman–Crippen LogP) is 3.21. The van der Waals surface area contributed by atoms with Gasteiger partial charge >= 0.3 is 0 Å². The van der Waals surface area contributed by atoms with Crippen LogP contribution < -0.4 is 10.6 Å². The molecule has 2 aromatic rings. The van der Waals surface area contributed by atoms with Crippen LogP contribution in [0.2, 0.25) is 0 Å². The average Bonchev–Trinajstić information content (AvgIpc) is 2.70. The summed E-state index contributed by atoms with van der Waals surface area (Å²) in [6.07, 6.45) is 0. The van der Waals surface area contributed by atoms with Gasteiger partial charge in [0.25, 0.3) is 11.8 Å². The topological polar surface area (TPSA) is 66.0 Å². The highest BCUT2D eigenvalue weighted by atomic mass is 19.1. The summed E-state index contributed by atoms with van der Waals surface area (Å²) in [5.74, 6) is -0.185. The maximum Gasteiger partial charge on any atom is 0.279 e. The van der Waals surface area contributed by atoms with Gasteiger partial charge in [0, 0.05) is 35.8 Å². The minimum atomic E-state index is -0.270. The van der Waals surface area contributed by atoms with Crippen LogP contribution >= 0.6 is 0 Å². The third kappa shape index (κ3) is 6.39. The second-order valence-electron chi connectivity index (χ2n) is 7.37. The van der Waals surface area contributed by atoms with E-state index in [9.17, 15) is 14.0 Å². The largest absolute Gasteiger partial charge is 0.339 e. The Bertz CT molecular complexity index is 817. The Morgan fingerprint density at radius 1 is 1.07 bits per heavy atom. The molecule has 0 aliphatic heterocycles. The van der Waals surface area contributed by atoms with E-state index in [0.717, 1.165) is 5.56 Å². The monoisotopic (exact) mass is 400 g/mol. The summed E-state index contributed by atoms with van der Waals surface area (Å²) in [6, 6.07) is 13.5. The summed E-state index contributed by atoms with van der Waals surface area (Å²) in [4.78, 5) is 26.7. The van der Waals surface area contributed by atoms with Crippen molar-refractivity contribution in [3.8, 4) is 0 Å². The number of nitrogens with two attached hydrogens (primary N) is 1. The molecule has 0 aromatic heterocycles. The molecule has 0 aliphatic rings. The molecule has 0 heterocycles. The Balaban J connectivity index is 2.00. The number of anilines is 1. The van der Waals surface area contributed by atoms with E-state index in [4.69, 9.17) is 0 Å². The fourth-order valence-corrected chi connectivity index (χ4v) is 3.35. The molecule has 0 radical (unpaired) electrons. The number of hydrogen-bond donors (Lipinski definition) is 2. The molecule has 1 atom stereocenters. The fourth-order valence-electron chi connectivity index (χ4n) is 3.35. The number of hydrogen-bond acceptors (Lipinski definition) is 2. The van der Waals surface area contributed by atoms with Crippen molar-refractivity contribution < 1.29 is 19.3 Å². The Hall–Kier alpha value is -2.73. The van der Waals surface area contributed by atoms with Crippen molar-refractivity contribution in [2.45, 2.75) is 33.7 Å². The second-order valence-corrected chi connectivity index (χ2v) is 7.37. The number of nitrogens with zero attached hydrogens (tertiary/aromatic N) is 1. The summed E-state index contributed by atoms with van der Waals surface area (Å²) in [6.45, 7) is 9.54. The molecule has 29 heavy (non-hydrogen) atoms. The van der Waals surface area contributed by atoms with Crippen LogP contribution in [0.15, 0.2) is 48.5 Å². The van der Waals surface area contributed by atoms with Gasteiger partial charge in [-0.05, 0) is 44.2 Å². The van der Waals surface area contributed by atoms with Crippen molar-refractivity contribution in [2.75, 3.05) is 25.0 Å². The molecule has 2 amide bonds. The van der Waals surface area contributed by atoms with Gasteiger partial charge in [0.1, 0.15) is 11.9 Å². The zero-order chi connectivity index (χ0) is 21.4. The number of rotatable bonds is 9. The van der Waals surface area contributed by atoms with Crippen LogP contribution in [-0.2, 0) is 4.79 Å². The van der Waals surface area contributed by atoms with Gasteiger partial charge in [0.2, 0.25) is 0 Å². The van der Waals surface area contributed by atoms with Crippen molar-refractivity contribution in [3.05, 3.63) is 65.5 Å². The lowest BCUT2D eigenvalue weighted by molar-refractivity contribution is -0.692. The van der Waals surface area contributed by atoms with Crippen molar-refractivity contribution in [1.29, 1.82) is 0 Å². The van der Waals surface area contributed by atoms with Gasteiger partial charge in [-0.25, -0.2) is 4.39 Å². The Morgan fingerprint density at radius 2 is 1.72 bits per heavy atom. The molecule has 3 N–H and O–H groups in total. The quantitative estimate of drug-likeness (QED) is 0.679. The first kappa shape index (κ1) is 22.6. The summed E-state index contributed by atoms with van der Waals surface area (Å²) in [7, 11) is 0. The molecule has 0 fully saturated rings.